The molecule has 1 aliphatic rings. The van der Waals surface area contributed by atoms with Crippen LogP contribution in [0.1, 0.15) is 47.2 Å². The van der Waals surface area contributed by atoms with Crippen LogP contribution < -0.4 is 14.4 Å². The van der Waals surface area contributed by atoms with Crippen molar-refractivity contribution >= 4 is 27.8 Å². The van der Waals surface area contributed by atoms with E-state index < -0.39 is 16.4 Å². The van der Waals surface area contributed by atoms with Crippen molar-refractivity contribution in [3.63, 3.8) is 0 Å². The minimum absolute atomic E-state index is 0.110. The van der Waals surface area contributed by atoms with E-state index >= 15 is 0 Å². The van der Waals surface area contributed by atoms with Crippen LogP contribution in [0.25, 0.3) is 11.1 Å². The Bertz CT molecular complexity index is 1680. The quantitative estimate of drug-likeness (QED) is 0.216. The first-order valence-electron chi connectivity index (χ1n) is 13.5. The van der Waals surface area contributed by atoms with Gasteiger partial charge in [0.1, 0.15) is 0 Å². The van der Waals surface area contributed by atoms with Crippen LogP contribution in [0.15, 0.2) is 89.6 Å². The highest BCUT2D eigenvalue weighted by molar-refractivity contribution is 7.62. The van der Waals surface area contributed by atoms with Gasteiger partial charge < -0.3 is 14.4 Å². The van der Waals surface area contributed by atoms with E-state index in [4.69, 9.17) is 9.47 Å². The van der Waals surface area contributed by atoms with Crippen molar-refractivity contribution < 1.29 is 22.7 Å². The van der Waals surface area contributed by atoms with Crippen molar-refractivity contribution in [1.29, 1.82) is 0 Å². The summed E-state index contributed by atoms with van der Waals surface area (Å²) in [5, 5.41) is 0. The molecule has 0 N–H and O–H groups in total. The highest BCUT2D eigenvalue weighted by Gasteiger charge is 2.25. The second-order valence-electron chi connectivity index (χ2n) is 9.94. The van der Waals surface area contributed by atoms with Gasteiger partial charge in [-0.1, -0.05) is 46.8 Å². The van der Waals surface area contributed by atoms with Crippen LogP contribution >= 0.6 is 0 Å². The molecule has 0 atom stereocenters. The number of nitrogens with zero attached hydrogens (tertiary/aromatic N) is 3. The highest BCUT2D eigenvalue weighted by atomic mass is 32.2. The molecular weight excluding hydrogens is 538 g/mol. The molecule has 0 saturated heterocycles. The lowest BCUT2D eigenvalue weighted by molar-refractivity contribution is 0.101. The molecule has 0 spiro atoms. The van der Waals surface area contributed by atoms with Crippen LogP contribution in [0.2, 0.25) is 0 Å². The van der Waals surface area contributed by atoms with E-state index in [9.17, 15) is 13.2 Å². The summed E-state index contributed by atoms with van der Waals surface area (Å²) in [6.45, 7) is 2.30. The number of benzene rings is 3. The number of aromatic nitrogens is 1. The van der Waals surface area contributed by atoms with Gasteiger partial charge in [-0.2, -0.15) is 8.42 Å². The number of hydrogen-bond acceptors (Lipinski definition) is 7. The number of aryl methyl sites for hydroxylation is 1. The number of pyridine rings is 1. The van der Waals surface area contributed by atoms with Crippen molar-refractivity contribution in [2.75, 3.05) is 12.0 Å². The molecule has 1 fully saturated rings. The third-order valence-electron chi connectivity index (χ3n) is 7.26. The second-order valence-corrected chi connectivity index (χ2v) is 10.6. The van der Waals surface area contributed by atoms with Crippen molar-refractivity contribution in [1.82, 2.24) is 4.98 Å². The first-order valence-corrected chi connectivity index (χ1v) is 14.5. The van der Waals surface area contributed by atoms with Crippen LogP contribution in [-0.2, 0) is 17.0 Å². The van der Waals surface area contributed by atoms with Gasteiger partial charge in [0.25, 0.3) is 5.91 Å². The average molecular weight is 570 g/mol. The van der Waals surface area contributed by atoms with E-state index in [-0.39, 0.29) is 11.7 Å². The molecule has 4 aromatic rings. The van der Waals surface area contributed by atoms with Crippen LogP contribution in [0.3, 0.4) is 0 Å². The van der Waals surface area contributed by atoms with E-state index in [0.29, 0.717) is 29.3 Å². The Morgan fingerprint density at radius 1 is 0.976 bits per heavy atom. The standard InChI is InChI=1S/C32H31N3O5S/c1-22-9-3-6-13-26(22)27-14-7-15-28(31(27)32(36)34-41(37)38)35(21-23-10-8-18-33-20-23)24-16-17-29(39-2)30(19-24)40-25-11-4-5-12-25/h3,6-10,13-20,25H,4-5,11-12,21H2,1-2H3. The third kappa shape index (κ3) is 6.47. The summed E-state index contributed by atoms with van der Waals surface area (Å²) in [6.07, 6.45) is 7.79. The predicted octanol–water partition coefficient (Wildman–Crippen LogP) is 6.93. The van der Waals surface area contributed by atoms with E-state index in [1.165, 1.54) is 0 Å². The molecule has 3 aromatic carbocycles. The van der Waals surface area contributed by atoms with Crippen molar-refractivity contribution in [3.8, 4) is 22.6 Å². The zero-order chi connectivity index (χ0) is 28.8. The summed E-state index contributed by atoms with van der Waals surface area (Å²) in [5.41, 5.74) is 4.66. The number of hydrogen-bond donors (Lipinski definition) is 0. The number of carbonyl (C=O) groups excluding carboxylic acids is 1. The van der Waals surface area contributed by atoms with Crippen molar-refractivity contribution in [2.24, 2.45) is 4.36 Å². The fourth-order valence-electron chi connectivity index (χ4n) is 5.30. The number of ether oxygens (including phenoxy) is 2. The van der Waals surface area contributed by atoms with Crippen LogP contribution in [0.4, 0.5) is 11.4 Å². The normalized spacial score (nSPS) is 13.0. The minimum Gasteiger partial charge on any atom is -0.493 e. The first kappa shape index (κ1) is 28.0. The largest absolute Gasteiger partial charge is 0.493 e. The molecule has 0 bridgehead atoms. The summed E-state index contributed by atoms with van der Waals surface area (Å²) in [5.74, 6) is 0.379. The Kier molecular flexibility index (Phi) is 8.74. The van der Waals surface area contributed by atoms with Gasteiger partial charge >= 0.3 is 10.5 Å². The maximum Gasteiger partial charge on any atom is 0.319 e. The van der Waals surface area contributed by atoms with E-state index in [2.05, 4.69) is 9.35 Å². The van der Waals surface area contributed by atoms with Gasteiger partial charge in [-0.15, -0.1) is 0 Å². The molecule has 5 rings (SSSR count). The lowest BCUT2D eigenvalue weighted by Gasteiger charge is -2.29. The molecule has 210 valence electrons. The third-order valence-corrected chi connectivity index (χ3v) is 7.57. The average Bonchev–Trinajstić information content (AvgIpc) is 3.49. The van der Waals surface area contributed by atoms with Gasteiger partial charge in [0.15, 0.2) is 11.5 Å². The topological polar surface area (TPSA) is 98.2 Å². The van der Waals surface area contributed by atoms with Crippen LogP contribution in [0, 0.1) is 6.92 Å². The number of carbonyl (C=O) groups is 1. The molecule has 0 radical (unpaired) electrons. The molecule has 1 aromatic heterocycles. The van der Waals surface area contributed by atoms with Crippen LogP contribution in [0.5, 0.6) is 11.5 Å². The van der Waals surface area contributed by atoms with Gasteiger partial charge in [-0.3, -0.25) is 9.78 Å². The Morgan fingerprint density at radius 3 is 2.46 bits per heavy atom. The molecule has 1 amide bonds. The molecule has 1 saturated carbocycles. The Morgan fingerprint density at radius 2 is 1.76 bits per heavy atom. The Labute approximate surface area is 241 Å². The lowest BCUT2D eigenvalue weighted by atomic mass is 9.93. The number of rotatable bonds is 9. The Balaban J connectivity index is 1.72. The molecule has 1 heterocycles. The summed E-state index contributed by atoms with van der Waals surface area (Å²) in [7, 11) is -1.31. The van der Waals surface area contributed by atoms with Gasteiger partial charge in [0, 0.05) is 30.7 Å². The van der Waals surface area contributed by atoms with Crippen molar-refractivity contribution in [3.05, 3.63) is 102 Å². The van der Waals surface area contributed by atoms with E-state index in [1.807, 2.05) is 78.6 Å². The molecule has 1 aliphatic carbocycles. The molecule has 0 aliphatic heterocycles. The monoisotopic (exact) mass is 569 g/mol. The van der Waals surface area contributed by atoms with E-state index in [1.54, 1.807) is 25.6 Å². The fourth-order valence-corrected chi connectivity index (χ4v) is 5.53. The van der Waals surface area contributed by atoms with Gasteiger partial charge in [-0.25, -0.2) is 0 Å². The maximum absolute atomic E-state index is 13.5. The zero-order valence-electron chi connectivity index (χ0n) is 23.0. The van der Waals surface area contributed by atoms with Gasteiger partial charge in [-0.05, 0) is 79.1 Å². The molecule has 41 heavy (non-hydrogen) atoms. The number of anilines is 2. The van der Waals surface area contributed by atoms with E-state index in [0.717, 1.165) is 48.1 Å². The van der Waals surface area contributed by atoms with Gasteiger partial charge in [0.2, 0.25) is 0 Å². The molecule has 8 nitrogen and oxygen atoms in total. The summed E-state index contributed by atoms with van der Waals surface area (Å²) < 4.78 is 38.6. The summed E-state index contributed by atoms with van der Waals surface area (Å²) in [4.78, 5) is 19.8. The van der Waals surface area contributed by atoms with Crippen molar-refractivity contribution in [2.45, 2.75) is 45.3 Å². The van der Waals surface area contributed by atoms with Gasteiger partial charge in [0.05, 0.1) is 24.5 Å². The lowest BCUT2D eigenvalue weighted by Crippen LogP contribution is -2.20. The second kappa shape index (κ2) is 12.8. The first-order chi connectivity index (χ1) is 19.9. The smallest absolute Gasteiger partial charge is 0.319 e. The summed E-state index contributed by atoms with van der Waals surface area (Å²) in [6, 6.07) is 22.6. The molecule has 9 heteroatoms. The number of methoxy groups -OCH3 is 1. The number of amides is 1. The fraction of sp³-hybridized carbons (Fsp3) is 0.250. The predicted molar refractivity (Wildman–Crippen MR) is 158 cm³/mol. The maximum atomic E-state index is 13.5. The molecule has 0 unspecified atom stereocenters. The molecular formula is C32H31N3O5S. The Hall–Kier alpha value is -4.50. The minimum atomic E-state index is -2.92. The van der Waals surface area contributed by atoms with Crippen LogP contribution in [-0.4, -0.2) is 32.5 Å². The SMILES string of the molecule is COc1ccc(N(Cc2cccnc2)c2cccc(-c3ccccc3C)c2C(=O)N=S(=O)=O)cc1OC1CCCC1. The highest BCUT2D eigenvalue weighted by Crippen LogP contribution is 2.41. The zero-order valence-corrected chi connectivity index (χ0v) is 23.8. The summed E-state index contributed by atoms with van der Waals surface area (Å²) >= 11 is 0.